The number of fused-ring (bicyclic) bond motifs is 1. The third-order valence-electron chi connectivity index (χ3n) is 9.24. The van der Waals surface area contributed by atoms with E-state index < -0.39 is 35.2 Å². The van der Waals surface area contributed by atoms with Gasteiger partial charge in [-0.3, -0.25) is 14.5 Å². The van der Waals surface area contributed by atoms with Gasteiger partial charge in [-0.25, -0.2) is 19.7 Å². The number of anilines is 2. The van der Waals surface area contributed by atoms with E-state index in [-0.39, 0.29) is 36.7 Å². The molecule has 0 saturated carbocycles. The van der Waals surface area contributed by atoms with Gasteiger partial charge in [0.25, 0.3) is 5.91 Å². The summed E-state index contributed by atoms with van der Waals surface area (Å²) in [5.41, 5.74) is 8.32. The fourth-order valence-corrected chi connectivity index (χ4v) is 6.70. The second kappa shape index (κ2) is 15.4. The highest BCUT2D eigenvalue weighted by Crippen LogP contribution is 2.35. The van der Waals surface area contributed by atoms with Crippen molar-refractivity contribution < 1.29 is 32.3 Å². The number of nitrogen functional groups attached to an aromatic ring is 1. The average molecular weight is 742 g/mol. The largest absolute Gasteiger partial charge is 0.443 e. The van der Waals surface area contributed by atoms with E-state index in [0.29, 0.717) is 40.1 Å². The van der Waals surface area contributed by atoms with E-state index in [0.717, 1.165) is 49.0 Å². The summed E-state index contributed by atoms with van der Waals surface area (Å²) < 4.78 is 49.4. The SMILES string of the molecule is Cn1c(-c2nc(N)ncc2C#Cc2cccc(CC(=O)Nc3ccc(CN4CCCCC4)c(C(F)(F)F)c3)c2)cc2c1CCN(C(=O)OC(C)(C)C)C2=O. The maximum absolute atomic E-state index is 14.0. The number of likely N-dealkylation sites (tertiary alicyclic amines) is 1. The van der Waals surface area contributed by atoms with Gasteiger partial charge in [0, 0.05) is 49.7 Å². The van der Waals surface area contributed by atoms with Crippen LogP contribution in [0.15, 0.2) is 54.7 Å². The quantitative estimate of drug-likeness (QED) is 0.212. The second-order valence-corrected chi connectivity index (χ2v) is 14.5. The number of ether oxygens (including phenoxy) is 1. The molecule has 0 bridgehead atoms. The van der Waals surface area contributed by atoms with E-state index in [1.54, 1.807) is 58.2 Å². The second-order valence-electron chi connectivity index (χ2n) is 14.5. The smallest absolute Gasteiger partial charge is 0.417 e. The number of aromatic nitrogens is 3. The van der Waals surface area contributed by atoms with Crippen LogP contribution < -0.4 is 11.1 Å². The molecular weight excluding hydrogens is 699 g/mol. The molecule has 0 atom stereocenters. The monoisotopic (exact) mass is 741 g/mol. The van der Waals surface area contributed by atoms with Crippen molar-refractivity contribution in [2.75, 3.05) is 30.7 Å². The first-order valence-corrected chi connectivity index (χ1v) is 17.8. The predicted octanol–water partition coefficient (Wildman–Crippen LogP) is 6.58. The Morgan fingerprint density at radius 3 is 2.48 bits per heavy atom. The Bertz CT molecular complexity index is 2150. The van der Waals surface area contributed by atoms with Crippen LogP contribution in [-0.4, -0.2) is 67.5 Å². The lowest BCUT2D eigenvalue weighted by molar-refractivity contribution is -0.138. The van der Waals surface area contributed by atoms with Crippen molar-refractivity contribution >= 4 is 29.5 Å². The summed E-state index contributed by atoms with van der Waals surface area (Å²) in [5.74, 6) is 5.20. The van der Waals surface area contributed by atoms with E-state index >= 15 is 0 Å². The predicted molar refractivity (Wildman–Crippen MR) is 197 cm³/mol. The van der Waals surface area contributed by atoms with Crippen molar-refractivity contribution in [3.8, 4) is 23.2 Å². The summed E-state index contributed by atoms with van der Waals surface area (Å²) in [4.78, 5) is 50.8. The lowest BCUT2D eigenvalue weighted by atomic mass is 10.0. The topological polar surface area (TPSA) is 136 Å². The summed E-state index contributed by atoms with van der Waals surface area (Å²) >= 11 is 0. The zero-order valence-electron chi connectivity index (χ0n) is 30.6. The number of halogens is 3. The Morgan fingerprint density at radius 1 is 1.00 bits per heavy atom. The lowest BCUT2D eigenvalue weighted by Gasteiger charge is -2.28. The molecule has 2 aromatic heterocycles. The molecule has 0 unspecified atom stereocenters. The summed E-state index contributed by atoms with van der Waals surface area (Å²) in [5, 5.41) is 2.62. The van der Waals surface area contributed by atoms with Gasteiger partial charge in [0.2, 0.25) is 11.9 Å². The fraction of sp³-hybridized carbons (Fsp3) is 0.375. The van der Waals surface area contributed by atoms with Crippen LogP contribution in [0.5, 0.6) is 0 Å². The molecule has 0 spiro atoms. The number of benzene rings is 2. The van der Waals surface area contributed by atoms with Gasteiger partial charge in [0.1, 0.15) is 11.3 Å². The van der Waals surface area contributed by atoms with Crippen LogP contribution in [0.1, 0.15) is 83.9 Å². The Balaban J connectivity index is 1.18. The maximum atomic E-state index is 14.0. The van der Waals surface area contributed by atoms with Gasteiger partial charge in [-0.2, -0.15) is 13.2 Å². The molecule has 11 nitrogen and oxygen atoms in total. The van der Waals surface area contributed by atoms with Gasteiger partial charge >= 0.3 is 12.3 Å². The van der Waals surface area contributed by atoms with Crippen molar-refractivity contribution in [2.24, 2.45) is 7.05 Å². The first-order valence-electron chi connectivity index (χ1n) is 17.8. The molecule has 4 heterocycles. The van der Waals surface area contributed by atoms with Gasteiger partial charge in [-0.15, -0.1) is 0 Å². The van der Waals surface area contributed by atoms with Crippen molar-refractivity contribution in [3.63, 3.8) is 0 Å². The Labute approximate surface area is 311 Å². The molecule has 2 aliphatic heterocycles. The molecular formula is C40H42F3N7O4. The molecule has 6 rings (SSSR count). The van der Waals surface area contributed by atoms with Crippen LogP contribution in [0, 0.1) is 11.8 Å². The highest BCUT2D eigenvalue weighted by molar-refractivity contribution is 6.05. The van der Waals surface area contributed by atoms with Gasteiger partial charge in [-0.1, -0.05) is 36.5 Å². The summed E-state index contributed by atoms with van der Waals surface area (Å²) in [6.07, 6.45) is -0.454. The van der Waals surface area contributed by atoms with E-state index in [2.05, 4.69) is 27.1 Å². The number of hydrogen-bond donors (Lipinski definition) is 2. The highest BCUT2D eigenvalue weighted by atomic mass is 19.4. The molecule has 3 N–H and O–H groups in total. The molecule has 2 aromatic carbocycles. The number of carbonyl (C=O) groups excluding carboxylic acids is 3. The Morgan fingerprint density at radius 2 is 1.76 bits per heavy atom. The van der Waals surface area contributed by atoms with Crippen LogP contribution in [0.4, 0.5) is 29.6 Å². The number of amides is 3. The van der Waals surface area contributed by atoms with Crippen molar-refractivity contribution in [1.29, 1.82) is 0 Å². The number of nitrogens with one attached hydrogen (secondary N) is 1. The minimum atomic E-state index is -4.56. The molecule has 54 heavy (non-hydrogen) atoms. The summed E-state index contributed by atoms with van der Waals surface area (Å²) in [6, 6.07) is 12.6. The highest BCUT2D eigenvalue weighted by Gasteiger charge is 2.36. The minimum absolute atomic E-state index is 0.00318. The van der Waals surface area contributed by atoms with E-state index in [4.69, 9.17) is 10.5 Å². The van der Waals surface area contributed by atoms with Crippen LogP contribution in [0.25, 0.3) is 11.4 Å². The molecule has 0 radical (unpaired) electrons. The minimum Gasteiger partial charge on any atom is -0.443 e. The molecule has 4 aromatic rings. The average Bonchev–Trinajstić information content (AvgIpc) is 3.44. The number of hydrogen-bond acceptors (Lipinski definition) is 8. The number of carbonyl (C=O) groups is 3. The van der Waals surface area contributed by atoms with Crippen molar-refractivity contribution in [3.05, 3.63) is 93.8 Å². The van der Waals surface area contributed by atoms with Crippen molar-refractivity contribution in [2.45, 2.75) is 71.2 Å². The van der Waals surface area contributed by atoms with Crippen molar-refractivity contribution in [1.82, 2.24) is 24.3 Å². The van der Waals surface area contributed by atoms with Crippen LogP contribution in [0.3, 0.4) is 0 Å². The van der Waals surface area contributed by atoms with Crippen LogP contribution in [-0.2, 0) is 42.1 Å². The Kier molecular flexibility index (Phi) is 10.8. The third kappa shape index (κ3) is 8.91. The van der Waals surface area contributed by atoms with Crippen LogP contribution in [0.2, 0.25) is 0 Å². The van der Waals surface area contributed by atoms with E-state index in [1.165, 1.54) is 18.3 Å². The molecule has 14 heteroatoms. The summed E-state index contributed by atoms with van der Waals surface area (Å²) in [6.45, 7) is 7.10. The zero-order valence-corrected chi connectivity index (χ0v) is 30.6. The first-order chi connectivity index (χ1) is 25.6. The number of imide groups is 1. The third-order valence-corrected chi connectivity index (χ3v) is 9.24. The van der Waals surface area contributed by atoms with E-state index in [1.807, 2.05) is 9.47 Å². The molecule has 2 aliphatic rings. The maximum Gasteiger partial charge on any atom is 0.417 e. The summed E-state index contributed by atoms with van der Waals surface area (Å²) in [7, 11) is 1.79. The first kappa shape index (κ1) is 38.1. The normalized spacial score (nSPS) is 14.9. The lowest BCUT2D eigenvalue weighted by Crippen LogP contribution is -2.44. The molecule has 3 amide bonds. The molecule has 1 fully saturated rings. The number of rotatable bonds is 6. The van der Waals surface area contributed by atoms with Gasteiger partial charge < -0.3 is 20.4 Å². The molecule has 0 aliphatic carbocycles. The van der Waals surface area contributed by atoms with Gasteiger partial charge in [0.05, 0.1) is 28.8 Å². The fourth-order valence-electron chi connectivity index (χ4n) is 6.70. The van der Waals surface area contributed by atoms with E-state index in [9.17, 15) is 27.6 Å². The van der Waals surface area contributed by atoms with Crippen LogP contribution >= 0.6 is 0 Å². The number of nitrogens with two attached hydrogens (primary N) is 1. The van der Waals surface area contributed by atoms with Gasteiger partial charge in [0.15, 0.2) is 0 Å². The number of piperidine rings is 1. The standard InChI is InChI=1S/C40H42F3N7O4/c1-39(2,3)54-38(53)50-18-15-32-30(36(50)52)22-33(48(32)4)35-27(23-45-37(44)47-35)12-11-25-9-8-10-26(19-25)20-34(51)46-29-14-13-28(31(21-29)40(41,42)43)24-49-16-6-5-7-17-49/h8-10,13-14,19,21-23H,5-7,15-18,20,24H2,1-4H3,(H,46,51)(H2,44,45,47). The zero-order chi connectivity index (χ0) is 38.8. The molecule has 282 valence electrons. The Hall–Kier alpha value is -5.68. The number of alkyl halides is 3. The number of nitrogens with zero attached hydrogens (tertiary/aromatic N) is 5. The van der Waals surface area contributed by atoms with Gasteiger partial charge in [-0.05, 0) is 88.2 Å². The molecule has 1 saturated heterocycles.